The van der Waals surface area contributed by atoms with Crippen molar-refractivity contribution in [2.24, 2.45) is 5.92 Å². The average molecular weight is 415 g/mol. The molecule has 0 saturated carbocycles. The van der Waals surface area contributed by atoms with E-state index >= 15 is 0 Å². The van der Waals surface area contributed by atoms with Gasteiger partial charge in [-0.05, 0) is 74.1 Å². The minimum Gasteiger partial charge on any atom is -0.351 e. The zero-order valence-corrected chi connectivity index (χ0v) is 20.5. The molecule has 1 fully saturated rings. The number of pyridine rings is 1. The molecule has 2 aromatic rings. The monoisotopic (exact) mass is 414 g/mol. The van der Waals surface area contributed by atoms with Crippen molar-refractivity contribution in [1.82, 2.24) is 14.8 Å². The fraction of sp³-hybridized carbons (Fsp3) is 0.583. The van der Waals surface area contributed by atoms with Crippen LogP contribution in [0.2, 0.25) is 0 Å². The summed E-state index contributed by atoms with van der Waals surface area (Å²) >= 11 is 0. The number of anilines is 1. The first-order valence-corrected chi connectivity index (χ1v) is 12.9. The van der Waals surface area contributed by atoms with E-state index in [1.807, 2.05) is 4.68 Å². The van der Waals surface area contributed by atoms with E-state index in [0.29, 0.717) is 5.92 Å². The normalized spacial score (nSPS) is 20.2. The third-order valence-corrected chi connectivity index (χ3v) is 10.8. The van der Waals surface area contributed by atoms with Crippen LogP contribution in [0, 0.1) is 5.92 Å². The van der Waals surface area contributed by atoms with E-state index in [1.165, 1.54) is 11.4 Å². The van der Waals surface area contributed by atoms with Gasteiger partial charge in [-0.3, -0.25) is 0 Å². The van der Waals surface area contributed by atoms with E-state index in [2.05, 4.69) is 96.9 Å². The van der Waals surface area contributed by atoms with Gasteiger partial charge in [0.05, 0.1) is 0 Å². The van der Waals surface area contributed by atoms with Crippen molar-refractivity contribution in [3.63, 3.8) is 0 Å². The number of rotatable bonds is 4. The maximum absolute atomic E-state index is 5.11. The smallest absolute Gasteiger partial charge is 0.155 e. The SMILES string of the molecule is C=C(C)c1ccc(-n2ccc(S(C)(C)C(C)(C)C)n2)nc1N1C[C@@H](C)CC1(C)C. The molecule has 0 bridgehead atoms. The Morgan fingerprint density at radius 2 is 1.86 bits per heavy atom. The van der Waals surface area contributed by atoms with E-state index in [4.69, 9.17) is 10.1 Å². The van der Waals surface area contributed by atoms with Crippen molar-refractivity contribution in [3.05, 3.63) is 36.5 Å². The Bertz CT molecular complexity index is 917. The molecule has 5 heteroatoms. The third kappa shape index (κ3) is 3.98. The molecule has 1 aliphatic rings. The fourth-order valence-corrected chi connectivity index (χ4v) is 5.41. The van der Waals surface area contributed by atoms with Gasteiger partial charge in [0.1, 0.15) is 10.8 Å². The lowest BCUT2D eigenvalue weighted by Gasteiger charge is -2.42. The minimum absolute atomic E-state index is 0.0862. The molecule has 160 valence electrons. The molecule has 3 rings (SSSR count). The van der Waals surface area contributed by atoms with Crippen LogP contribution in [0.5, 0.6) is 0 Å². The molecule has 0 amide bonds. The lowest BCUT2D eigenvalue weighted by molar-refractivity contribution is 0.486. The maximum Gasteiger partial charge on any atom is 0.155 e. The van der Waals surface area contributed by atoms with Gasteiger partial charge in [-0.15, -0.1) is 0 Å². The number of aromatic nitrogens is 3. The number of hydrogen-bond donors (Lipinski definition) is 0. The van der Waals surface area contributed by atoms with Crippen molar-refractivity contribution in [1.29, 1.82) is 0 Å². The van der Waals surface area contributed by atoms with Crippen LogP contribution >= 0.6 is 10.0 Å². The van der Waals surface area contributed by atoms with Gasteiger partial charge in [0.15, 0.2) is 5.82 Å². The first-order chi connectivity index (χ1) is 13.2. The van der Waals surface area contributed by atoms with Crippen LogP contribution in [0.4, 0.5) is 5.82 Å². The van der Waals surface area contributed by atoms with Gasteiger partial charge in [0.2, 0.25) is 0 Å². The summed E-state index contributed by atoms with van der Waals surface area (Å²) in [5.41, 5.74) is 2.26. The minimum atomic E-state index is -1.02. The van der Waals surface area contributed by atoms with Gasteiger partial charge in [-0.1, -0.05) is 34.3 Å². The van der Waals surface area contributed by atoms with Gasteiger partial charge < -0.3 is 4.90 Å². The zero-order chi connectivity index (χ0) is 21.8. The molecular formula is C24H38N4S. The van der Waals surface area contributed by atoms with Crippen LogP contribution in [0.3, 0.4) is 0 Å². The third-order valence-electron chi connectivity index (χ3n) is 6.50. The van der Waals surface area contributed by atoms with Crippen molar-refractivity contribution in [3.8, 4) is 5.82 Å². The second-order valence-electron chi connectivity index (χ2n) is 10.6. The lowest BCUT2D eigenvalue weighted by Crippen LogP contribution is -2.39. The summed E-state index contributed by atoms with van der Waals surface area (Å²) in [5, 5.41) is 6.14. The fourth-order valence-electron chi connectivity index (χ4n) is 4.09. The Kier molecular flexibility index (Phi) is 5.44. The quantitative estimate of drug-likeness (QED) is 0.602. The first-order valence-electron chi connectivity index (χ1n) is 10.5. The Labute approximate surface area is 178 Å². The van der Waals surface area contributed by atoms with E-state index in [1.54, 1.807) is 0 Å². The Morgan fingerprint density at radius 1 is 1.21 bits per heavy atom. The molecule has 29 heavy (non-hydrogen) atoms. The molecule has 0 N–H and O–H groups in total. The summed E-state index contributed by atoms with van der Waals surface area (Å²) in [5.74, 6) is 2.56. The second-order valence-corrected chi connectivity index (χ2v) is 14.9. The van der Waals surface area contributed by atoms with Crippen LogP contribution in [0.15, 0.2) is 36.0 Å². The molecule has 1 aliphatic heterocycles. The highest BCUT2D eigenvalue weighted by Crippen LogP contribution is 2.58. The Hall–Kier alpha value is -1.75. The summed E-state index contributed by atoms with van der Waals surface area (Å²) in [4.78, 5) is 7.57. The number of allylic oxidation sites excluding steroid dienone is 1. The van der Waals surface area contributed by atoms with Gasteiger partial charge in [-0.2, -0.15) is 15.1 Å². The van der Waals surface area contributed by atoms with Crippen LogP contribution < -0.4 is 4.90 Å². The summed E-state index contributed by atoms with van der Waals surface area (Å²) in [6, 6.07) is 6.38. The van der Waals surface area contributed by atoms with Gasteiger partial charge in [0.25, 0.3) is 0 Å². The first kappa shape index (κ1) is 21.9. The van der Waals surface area contributed by atoms with Gasteiger partial charge >= 0.3 is 0 Å². The summed E-state index contributed by atoms with van der Waals surface area (Å²) < 4.78 is 2.14. The predicted molar refractivity (Wildman–Crippen MR) is 129 cm³/mol. The second kappa shape index (κ2) is 7.19. The number of nitrogens with zero attached hydrogens (tertiary/aromatic N) is 4. The number of hydrogen-bond acceptors (Lipinski definition) is 3. The molecule has 2 aromatic heterocycles. The molecular weight excluding hydrogens is 376 g/mol. The predicted octanol–water partition coefficient (Wildman–Crippen LogP) is 6.15. The molecule has 0 radical (unpaired) electrons. The van der Waals surface area contributed by atoms with Crippen molar-refractivity contribution < 1.29 is 0 Å². The van der Waals surface area contributed by atoms with E-state index in [9.17, 15) is 0 Å². The van der Waals surface area contributed by atoms with Gasteiger partial charge in [0, 0.05) is 23.8 Å². The Morgan fingerprint density at radius 3 is 2.38 bits per heavy atom. The summed E-state index contributed by atoms with van der Waals surface area (Å²) in [6.45, 7) is 21.1. The summed E-state index contributed by atoms with van der Waals surface area (Å²) in [7, 11) is -1.02. The van der Waals surface area contributed by atoms with E-state index in [-0.39, 0.29) is 10.3 Å². The molecule has 4 nitrogen and oxygen atoms in total. The largest absolute Gasteiger partial charge is 0.351 e. The average Bonchev–Trinajstić information content (AvgIpc) is 3.17. The van der Waals surface area contributed by atoms with Crippen molar-refractivity contribution in [2.75, 3.05) is 24.0 Å². The standard InChI is InChI=1S/C24H38N4S/c1-17(2)19-11-12-20(25-22(19)27-16-18(3)15-24(27,7)8)28-14-13-21(26-28)29(9,10)23(4,5)6/h11-14,18H,1,15-16H2,2-10H3/t18-/m0/s1. The lowest BCUT2D eigenvalue weighted by atomic mass is 9.97. The highest BCUT2D eigenvalue weighted by atomic mass is 32.3. The topological polar surface area (TPSA) is 34.0 Å². The van der Waals surface area contributed by atoms with E-state index < -0.39 is 10.0 Å². The zero-order valence-electron chi connectivity index (χ0n) is 19.7. The van der Waals surface area contributed by atoms with Crippen LogP contribution in [-0.2, 0) is 0 Å². The van der Waals surface area contributed by atoms with Gasteiger partial charge in [-0.25, -0.2) is 9.67 Å². The van der Waals surface area contributed by atoms with Crippen LogP contribution in [0.25, 0.3) is 11.4 Å². The van der Waals surface area contributed by atoms with Crippen molar-refractivity contribution >= 4 is 21.4 Å². The molecule has 1 saturated heterocycles. The summed E-state index contributed by atoms with van der Waals surface area (Å²) in [6.07, 6.45) is 7.91. The highest BCUT2D eigenvalue weighted by Gasteiger charge is 2.38. The molecule has 0 aliphatic carbocycles. The molecule has 3 heterocycles. The molecule has 0 aromatic carbocycles. The highest BCUT2D eigenvalue weighted by molar-refractivity contribution is 8.33. The molecule has 0 unspecified atom stereocenters. The van der Waals surface area contributed by atoms with Crippen LogP contribution in [-0.4, -0.2) is 44.1 Å². The van der Waals surface area contributed by atoms with Crippen molar-refractivity contribution in [2.45, 2.75) is 70.2 Å². The maximum atomic E-state index is 5.11. The van der Waals surface area contributed by atoms with E-state index in [0.717, 1.165) is 29.3 Å². The van der Waals surface area contributed by atoms with Crippen LogP contribution in [0.1, 0.15) is 60.5 Å². The molecule has 1 atom stereocenters. The molecule has 0 spiro atoms. The Balaban J connectivity index is 2.06.